The average molecular weight is 346 g/mol. The van der Waals surface area contributed by atoms with Crippen LogP contribution in [0.1, 0.15) is 45.6 Å². The van der Waals surface area contributed by atoms with Crippen LogP contribution in [0.5, 0.6) is 0 Å². The van der Waals surface area contributed by atoms with Crippen molar-refractivity contribution < 1.29 is 4.39 Å². The molecular weight excluding hydrogens is 315 g/mol. The number of guanidine groups is 1. The van der Waals surface area contributed by atoms with Crippen LogP contribution < -0.4 is 10.6 Å². The largest absolute Gasteiger partial charge is 0.353 e. The number of hydrogen-bond donors (Lipinski definition) is 2. The highest BCUT2D eigenvalue weighted by Crippen LogP contribution is 2.41. The van der Waals surface area contributed by atoms with Crippen molar-refractivity contribution >= 4 is 5.96 Å². The molecule has 0 spiro atoms. The lowest BCUT2D eigenvalue weighted by Crippen LogP contribution is -2.47. The molecule has 0 aromatic heterocycles. The van der Waals surface area contributed by atoms with Gasteiger partial charge >= 0.3 is 0 Å². The van der Waals surface area contributed by atoms with E-state index in [0.29, 0.717) is 18.0 Å². The summed E-state index contributed by atoms with van der Waals surface area (Å²) in [5, 5.41) is 7.13. The van der Waals surface area contributed by atoms with E-state index in [-0.39, 0.29) is 17.8 Å². The maximum atomic E-state index is 14.0. The predicted molar refractivity (Wildman–Crippen MR) is 101 cm³/mol. The minimum Gasteiger partial charge on any atom is -0.353 e. The van der Waals surface area contributed by atoms with Gasteiger partial charge in [0, 0.05) is 43.7 Å². The van der Waals surface area contributed by atoms with E-state index in [1.165, 1.54) is 0 Å². The Morgan fingerprint density at radius 2 is 1.96 bits per heavy atom. The standard InChI is InChI=1S/C20H31FN4/c1-5-22-20(24-19-12-25(13(2)3)11-14(19)4)23-18-10-16(18)15-8-6-7-9-17(15)21/h6-9,13-14,16,18-19H,5,10-12H2,1-4H3,(H2,22,23,24). The molecule has 1 saturated heterocycles. The summed E-state index contributed by atoms with van der Waals surface area (Å²) in [7, 11) is 0. The SMILES string of the molecule is CCN=C(NC1CN(C(C)C)CC1C)NC1CC1c1ccccc1F. The van der Waals surface area contributed by atoms with Crippen LogP contribution in [0.3, 0.4) is 0 Å². The molecule has 138 valence electrons. The molecule has 2 fully saturated rings. The quantitative estimate of drug-likeness (QED) is 0.636. The molecule has 2 N–H and O–H groups in total. The average Bonchev–Trinajstić information content (AvgIpc) is 3.22. The number of nitrogens with zero attached hydrogens (tertiary/aromatic N) is 2. The number of aliphatic imine (C=N–C) groups is 1. The summed E-state index contributed by atoms with van der Waals surface area (Å²) in [5.74, 6) is 1.61. The summed E-state index contributed by atoms with van der Waals surface area (Å²) >= 11 is 0. The van der Waals surface area contributed by atoms with Crippen molar-refractivity contribution in [2.75, 3.05) is 19.6 Å². The number of halogens is 1. The smallest absolute Gasteiger partial charge is 0.191 e. The Kier molecular flexibility index (Phi) is 5.62. The molecule has 4 unspecified atom stereocenters. The monoisotopic (exact) mass is 346 g/mol. The summed E-state index contributed by atoms with van der Waals surface area (Å²) in [5.41, 5.74) is 0.816. The lowest BCUT2D eigenvalue weighted by atomic mass is 10.1. The Balaban J connectivity index is 1.58. The van der Waals surface area contributed by atoms with E-state index in [1.54, 1.807) is 12.1 Å². The molecule has 1 aliphatic carbocycles. The molecule has 0 amide bonds. The first-order valence-electron chi connectivity index (χ1n) is 9.55. The van der Waals surface area contributed by atoms with Gasteiger partial charge in [0.1, 0.15) is 5.82 Å². The van der Waals surface area contributed by atoms with E-state index in [0.717, 1.165) is 37.6 Å². The van der Waals surface area contributed by atoms with Crippen LogP contribution in [0.4, 0.5) is 4.39 Å². The lowest BCUT2D eigenvalue weighted by molar-refractivity contribution is 0.265. The molecule has 1 saturated carbocycles. The van der Waals surface area contributed by atoms with Crippen LogP contribution >= 0.6 is 0 Å². The number of rotatable bonds is 5. The van der Waals surface area contributed by atoms with Gasteiger partial charge in [-0.05, 0) is 44.7 Å². The minimum atomic E-state index is -0.101. The van der Waals surface area contributed by atoms with Crippen LogP contribution in [0.15, 0.2) is 29.3 Å². The Labute approximate surface area is 150 Å². The van der Waals surface area contributed by atoms with Crippen LogP contribution in [-0.2, 0) is 0 Å². The van der Waals surface area contributed by atoms with Gasteiger partial charge in [0.25, 0.3) is 0 Å². The Morgan fingerprint density at radius 1 is 1.24 bits per heavy atom. The number of likely N-dealkylation sites (tertiary alicyclic amines) is 1. The summed E-state index contributed by atoms with van der Waals surface area (Å²) in [6, 6.07) is 8.35. The second-order valence-electron chi connectivity index (χ2n) is 7.71. The summed E-state index contributed by atoms with van der Waals surface area (Å²) in [4.78, 5) is 7.11. The summed E-state index contributed by atoms with van der Waals surface area (Å²) in [6.07, 6.45) is 0.962. The zero-order valence-electron chi connectivity index (χ0n) is 15.8. The van der Waals surface area contributed by atoms with Crippen LogP contribution in [0, 0.1) is 11.7 Å². The van der Waals surface area contributed by atoms with Crippen molar-refractivity contribution in [3.05, 3.63) is 35.6 Å². The Bertz CT molecular complexity index is 615. The first kappa shape index (κ1) is 18.2. The van der Waals surface area contributed by atoms with Gasteiger partial charge in [-0.1, -0.05) is 25.1 Å². The molecule has 1 aromatic carbocycles. The van der Waals surface area contributed by atoms with Crippen molar-refractivity contribution in [3.63, 3.8) is 0 Å². The maximum absolute atomic E-state index is 14.0. The molecule has 1 aromatic rings. The van der Waals surface area contributed by atoms with E-state index >= 15 is 0 Å². The van der Waals surface area contributed by atoms with Crippen LogP contribution in [-0.4, -0.2) is 48.6 Å². The number of nitrogens with one attached hydrogen (secondary N) is 2. The fraction of sp³-hybridized carbons (Fsp3) is 0.650. The minimum absolute atomic E-state index is 0.101. The van der Waals surface area contributed by atoms with E-state index in [4.69, 9.17) is 0 Å². The summed E-state index contributed by atoms with van der Waals surface area (Å²) in [6.45, 7) is 11.7. The van der Waals surface area contributed by atoms with Crippen molar-refractivity contribution in [2.24, 2.45) is 10.9 Å². The fourth-order valence-electron chi connectivity index (χ4n) is 3.73. The maximum Gasteiger partial charge on any atom is 0.191 e. The zero-order chi connectivity index (χ0) is 18.0. The van der Waals surface area contributed by atoms with E-state index in [9.17, 15) is 4.39 Å². The Morgan fingerprint density at radius 3 is 2.60 bits per heavy atom. The van der Waals surface area contributed by atoms with Crippen LogP contribution in [0.2, 0.25) is 0 Å². The molecule has 1 aliphatic heterocycles. The molecule has 5 heteroatoms. The third-order valence-electron chi connectivity index (χ3n) is 5.43. The normalized spacial score (nSPS) is 29.9. The first-order chi connectivity index (χ1) is 12.0. The molecule has 25 heavy (non-hydrogen) atoms. The van der Waals surface area contributed by atoms with Gasteiger partial charge < -0.3 is 10.6 Å². The van der Waals surface area contributed by atoms with Crippen LogP contribution in [0.25, 0.3) is 0 Å². The number of hydrogen-bond acceptors (Lipinski definition) is 2. The van der Waals surface area contributed by atoms with Crippen molar-refractivity contribution in [3.8, 4) is 0 Å². The molecule has 0 bridgehead atoms. The zero-order valence-corrected chi connectivity index (χ0v) is 15.8. The van der Waals surface area contributed by atoms with Gasteiger partial charge in [0.05, 0.1) is 0 Å². The van der Waals surface area contributed by atoms with Gasteiger partial charge in [-0.3, -0.25) is 9.89 Å². The van der Waals surface area contributed by atoms with Gasteiger partial charge in [0.15, 0.2) is 5.96 Å². The van der Waals surface area contributed by atoms with Crippen molar-refractivity contribution in [1.29, 1.82) is 0 Å². The second kappa shape index (κ2) is 7.73. The van der Waals surface area contributed by atoms with E-state index in [1.807, 2.05) is 19.1 Å². The highest BCUT2D eigenvalue weighted by atomic mass is 19.1. The fourth-order valence-corrected chi connectivity index (χ4v) is 3.73. The molecule has 4 nitrogen and oxygen atoms in total. The third kappa shape index (κ3) is 4.32. The third-order valence-corrected chi connectivity index (χ3v) is 5.43. The summed E-state index contributed by atoms with van der Waals surface area (Å²) < 4.78 is 14.0. The topological polar surface area (TPSA) is 39.7 Å². The second-order valence-corrected chi connectivity index (χ2v) is 7.71. The van der Waals surface area contributed by atoms with Gasteiger partial charge in [-0.2, -0.15) is 0 Å². The highest BCUT2D eigenvalue weighted by Gasteiger charge is 2.41. The number of benzene rings is 1. The Hall–Kier alpha value is -1.62. The lowest BCUT2D eigenvalue weighted by Gasteiger charge is -2.22. The van der Waals surface area contributed by atoms with Gasteiger partial charge in [-0.25, -0.2) is 4.39 Å². The molecule has 2 aliphatic rings. The van der Waals surface area contributed by atoms with Gasteiger partial charge in [0.2, 0.25) is 0 Å². The first-order valence-corrected chi connectivity index (χ1v) is 9.55. The van der Waals surface area contributed by atoms with Crippen molar-refractivity contribution in [1.82, 2.24) is 15.5 Å². The highest BCUT2D eigenvalue weighted by molar-refractivity contribution is 5.81. The molecule has 0 radical (unpaired) electrons. The molecule has 1 heterocycles. The molecular formula is C20H31FN4. The van der Waals surface area contributed by atoms with Crippen molar-refractivity contribution in [2.45, 2.75) is 58.2 Å². The predicted octanol–water partition coefficient (Wildman–Crippen LogP) is 2.97. The molecule has 3 rings (SSSR count). The van der Waals surface area contributed by atoms with Gasteiger partial charge in [-0.15, -0.1) is 0 Å². The van der Waals surface area contributed by atoms with E-state index < -0.39 is 0 Å². The van der Waals surface area contributed by atoms with E-state index in [2.05, 4.69) is 41.3 Å². The molecule has 4 atom stereocenters.